The summed E-state index contributed by atoms with van der Waals surface area (Å²) in [6.07, 6.45) is 5.06. The molecule has 3 amide bonds. The molecule has 2 aromatic rings. The molecule has 1 N–H and O–H groups in total. The van der Waals surface area contributed by atoms with E-state index < -0.39 is 17.8 Å². The van der Waals surface area contributed by atoms with Crippen LogP contribution in [0.25, 0.3) is 0 Å². The van der Waals surface area contributed by atoms with Crippen molar-refractivity contribution in [3.05, 3.63) is 63.9 Å². The highest BCUT2D eigenvalue weighted by atomic mass is 35.5. The molecule has 2 fully saturated rings. The van der Waals surface area contributed by atoms with E-state index >= 15 is 0 Å². The van der Waals surface area contributed by atoms with Crippen molar-refractivity contribution < 1.29 is 28.6 Å². The zero-order valence-corrected chi connectivity index (χ0v) is 23.8. The van der Waals surface area contributed by atoms with E-state index in [9.17, 15) is 23.9 Å². The SMILES string of the molecule is CCc1cc(CN(CC2CCCC2)C(CC(=O)O)c2ccc(Cl)c(F)c2)ccc1OCCN1C(=O)CN(C)C1=O. The average molecular weight is 574 g/mol. The summed E-state index contributed by atoms with van der Waals surface area (Å²) in [6.45, 7) is 3.68. The number of benzene rings is 2. The van der Waals surface area contributed by atoms with Gasteiger partial charge in [0.15, 0.2) is 0 Å². The Hall–Kier alpha value is -3.17. The number of imide groups is 1. The Kier molecular flexibility index (Phi) is 10.0. The number of carbonyl (C=O) groups is 3. The number of halogens is 2. The highest BCUT2D eigenvalue weighted by molar-refractivity contribution is 6.30. The summed E-state index contributed by atoms with van der Waals surface area (Å²) in [5.41, 5.74) is 2.56. The molecule has 1 saturated heterocycles. The highest BCUT2D eigenvalue weighted by Crippen LogP contribution is 2.34. The number of carboxylic acids is 1. The van der Waals surface area contributed by atoms with Crippen molar-refractivity contribution in [1.82, 2.24) is 14.7 Å². The number of likely N-dealkylation sites (N-methyl/N-ethyl adjacent to an activating group) is 1. The zero-order chi connectivity index (χ0) is 28.8. The topological polar surface area (TPSA) is 90.4 Å². The van der Waals surface area contributed by atoms with E-state index in [1.54, 1.807) is 13.1 Å². The summed E-state index contributed by atoms with van der Waals surface area (Å²) in [6, 6.07) is 9.60. The van der Waals surface area contributed by atoms with Crippen LogP contribution in [0.5, 0.6) is 5.75 Å². The molecule has 8 nitrogen and oxygen atoms in total. The van der Waals surface area contributed by atoms with Crippen LogP contribution in [-0.4, -0.2) is 71.0 Å². The number of aliphatic carboxylic acids is 1. The van der Waals surface area contributed by atoms with Gasteiger partial charge in [0, 0.05) is 26.2 Å². The van der Waals surface area contributed by atoms with Crippen LogP contribution < -0.4 is 4.74 Å². The van der Waals surface area contributed by atoms with Crippen LogP contribution in [-0.2, 0) is 22.6 Å². The highest BCUT2D eigenvalue weighted by Gasteiger charge is 2.33. The molecule has 0 spiro atoms. The second-order valence-corrected chi connectivity index (χ2v) is 11.1. The van der Waals surface area contributed by atoms with Crippen LogP contribution in [0.1, 0.15) is 61.8 Å². The maximum atomic E-state index is 14.4. The zero-order valence-electron chi connectivity index (χ0n) is 23.1. The van der Waals surface area contributed by atoms with Crippen LogP contribution in [0.4, 0.5) is 9.18 Å². The Balaban J connectivity index is 1.53. The van der Waals surface area contributed by atoms with E-state index in [1.807, 2.05) is 19.1 Å². The van der Waals surface area contributed by atoms with E-state index in [0.717, 1.165) is 36.8 Å². The van der Waals surface area contributed by atoms with Gasteiger partial charge in [-0.25, -0.2) is 9.18 Å². The fourth-order valence-corrected chi connectivity index (χ4v) is 5.81. The normalized spacial score (nSPS) is 16.8. The van der Waals surface area contributed by atoms with Gasteiger partial charge in [0.2, 0.25) is 5.91 Å². The Morgan fingerprint density at radius 3 is 2.58 bits per heavy atom. The van der Waals surface area contributed by atoms with Gasteiger partial charge < -0.3 is 14.7 Å². The minimum atomic E-state index is -0.948. The first kappa shape index (κ1) is 29.8. The second-order valence-electron chi connectivity index (χ2n) is 10.7. The molecule has 2 aliphatic rings. The number of hydrogen-bond donors (Lipinski definition) is 1. The quantitative estimate of drug-likeness (QED) is 0.317. The Labute approximate surface area is 239 Å². The first-order valence-corrected chi connectivity index (χ1v) is 14.2. The lowest BCUT2D eigenvalue weighted by Gasteiger charge is -2.34. The van der Waals surface area contributed by atoms with Crippen LogP contribution in [0.15, 0.2) is 36.4 Å². The second kappa shape index (κ2) is 13.5. The average Bonchev–Trinajstić information content (AvgIpc) is 3.52. The Bertz CT molecular complexity index is 1240. The molecule has 2 aromatic carbocycles. The number of rotatable bonds is 13. The smallest absolute Gasteiger partial charge is 0.327 e. The molecule has 0 bridgehead atoms. The lowest BCUT2D eigenvalue weighted by Crippen LogP contribution is -2.35. The standard InChI is InChI=1S/C30H37ClFN3O5/c1-3-22-14-21(8-11-27(22)40-13-12-35-28(36)19-33(2)30(35)39)18-34(17-20-6-4-5-7-20)26(16-29(37)38)23-9-10-24(31)25(32)15-23/h8-11,14-15,20,26H,3-7,12-13,16-19H2,1-2H3,(H,37,38). The third-order valence-electron chi connectivity index (χ3n) is 7.80. The van der Waals surface area contributed by atoms with Gasteiger partial charge in [-0.05, 0) is 60.1 Å². The number of carbonyl (C=O) groups excluding carboxylic acids is 2. The number of aryl methyl sites for hydroxylation is 1. The fourth-order valence-electron chi connectivity index (χ4n) is 5.69. The number of hydrogen-bond acceptors (Lipinski definition) is 5. The summed E-state index contributed by atoms with van der Waals surface area (Å²) >= 11 is 5.92. The maximum Gasteiger partial charge on any atom is 0.327 e. The Morgan fingerprint density at radius 1 is 1.20 bits per heavy atom. The van der Waals surface area contributed by atoms with Crippen molar-refractivity contribution in [2.24, 2.45) is 5.92 Å². The lowest BCUT2D eigenvalue weighted by atomic mass is 9.97. The van der Waals surface area contributed by atoms with Gasteiger partial charge in [-0.1, -0.05) is 49.6 Å². The van der Waals surface area contributed by atoms with Gasteiger partial charge in [-0.15, -0.1) is 0 Å². The van der Waals surface area contributed by atoms with Gasteiger partial charge in [0.25, 0.3) is 0 Å². The maximum absolute atomic E-state index is 14.4. The van der Waals surface area contributed by atoms with Crippen LogP contribution >= 0.6 is 11.6 Å². The molecule has 1 atom stereocenters. The molecule has 1 heterocycles. The van der Waals surface area contributed by atoms with Crippen molar-refractivity contribution >= 4 is 29.5 Å². The molecular formula is C30H37ClFN3O5. The largest absolute Gasteiger partial charge is 0.491 e. The van der Waals surface area contributed by atoms with Crippen molar-refractivity contribution in [1.29, 1.82) is 0 Å². The fraction of sp³-hybridized carbons (Fsp3) is 0.500. The van der Waals surface area contributed by atoms with Crippen LogP contribution in [0.2, 0.25) is 5.02 Å². The first-order valence-electron chi connectivity index (χ1n) is 13.9. The number of ether oxygens (including phenoxy) is 1. The number of amides is 3. The molecule has 4 rings (SSSR count). The summed E-state index contributed by atoms with van der Waals surface area (Å²) in [7, 11) is 1.59. The Morgan fingerprint density at radius 2 is 1.95 bits per heavy atom. The van der Waals surface area contributed by atoms with Crippen molar-refractivity contribution in [3.8, 4) is 5.75 Å². The number of urea groups is 1. The molecule has 1 unspecified atom stereocenters. The van der Waals surface area contributed by atoms with E-state index in [2.05, 4.69) is 11.0 Å². The molecular weight excluding hydrogens is 537 g/mol. The molecule has 40 heavy (non-hydrogen) atoms. The molecule has 216 valence electrons. The van der Waals surface area contributed by atoms with E-state index in [-0.39, 0.29) is 43.1 Å². The van der Waals surface area contributed by atoms with Gasteiger partial charge in [-0.2, -0.15) is 0 Å². The lowest BCUT2D eigenvalue weighted by molar-refractivity contribution is -0.138. The van der Waals surface area contributed by atoms with Crippen molar-refractivity contribution in [2.75, 3.05) is 33.3 Å². The molecule has 1 aliphatic carbocycles. The molecule has 0 radical (unpaired) electrons. The molecule has 1 aliphatic heterocycles. The van der Waals surface area contributed by atoms with Gasteiger partial charge in [0.1, 0.15) is 24.7 Å². The molecule has 0 aromatic heterocycles. The van der Waals surface area contributed by atoms with E-state index in [4.69, 9.17) is 16.3 Å². The summed E-state index contributed by atoms with van der Waals surface area (Å²) in [4.78, 5) is 40.8. The minimum Gasteiger partial charge on any atom is -0.491 e. The van der Waals surface area contributed by atoms with Crippen LogP contribution in [0, 0.1) is 11.7 Å². The third-order valence-corrected chi connectivity index (χ3v) is 8.11. The van der Waals surface area contributed by atoms with Crippen molar-refractivity contribution in [2.45, 2.75) is 58.0 Å². The predicted molar refractivity (Wildman–Crippen MR) is 150 cm³/mol. The van der Waals surface area contributed by atoms with Gasteiger partial charge in [0.05, 0.1) is 18.0 Å². The number of carboxylic acid groups (broad SMARTS) is 1. The summed E-state index contributed by atoms with van der Waals surface area (Å²) < 4.78 is 20.4. The number of nitrogens with zero attached hydrogens (tertiary/aromatic N) is 3. The molecule has 10 heteroatoms. The predicted octanol–water partition coefficient (Wildman–Crippen LogP) is 5.52. The minimum absolute atomic E-state index is 0.00817. The molecule has 1 saturated carbocycles. The van der Waals surface area contributed by atoms with E-state index in [0.29, 0.717) is 36.7 Å². The van der Waals surface area contributed by atoms with Crippen LogP contribution in [0.3, 0.4) is 0 Å². The summed E-state index contributed by atoms with van der Waals surface area (Å²) in [5, 5.41) is 9.77. The van der Waals surface area contributed by atoms with Crippen molar-refractivity contribution in [3.63, 3.8) is 0 Å². The van der Waals surface area contributed by atoms with E-state index in [1.165, 1.54) is 21.9 Å². The van der Waals surface area contributed by atoms with Gasteiger partial charge in [-0.3, -0.25) is 19.4 Å². The van der Waals surface area contributed by atoms with Gasteiger partial charge >= 0.3 is 12.0 Å². The summed E-state index contributed by atoms with van der Waals surface area (Å²) in [5.74, 6) is -0.606. The first-order chi connectivity index (χ1) is 19.2. The monoisotopic (exact) mass is 573 g/mol. The third kappa shape index (κ3) is 7.31.